The molecule has 4 nitrogen and oxygen atoms in total. The Balaban J connectivity index is 4.21. The third-order valence-corrected chi connectivity index (χ3v) is 2.53. The summed E-state index contributed by atoms with van der Waals surface area (Å²) >= 11 is 0. The van der Waals surface area contributed by atoms with Crippen LogP contribution in [0.3, 0.4) is 0 Å². The number of hydrogen-bond acceptors (Lipinski definition) is 2. The van der Waals surface area contributed by atoms with Crippen molar-refractivity contribution in [1.29, 1.82) is 0 Å². The van der Waals surface area contributed by atoms with Crippen LogP contribution in [0.5, 0.6) is 0 Å². The minimum absolute atomic E-state index is 0.00333. The molecular formula is C11H22N2O2. The minimum atomic E-state index is -0.0723. The zero-order valence-corrected chi connectivity index (χ0v) is 10.2. The van der Waals surface area contributed by atoms with Gasteiger partial charge in [0.1, 0.15) is 6.42 Å². The second-order valence-electron chi connectivity index (χ2n) is 3.31. The normalized spacial score (nSPS) is 9.87. The number of hydrogen-bond donors (Lipinski definition) is 0. The Morgan fingerprint density at radius 3 is 1.20 bits per heavy atom. The van der Waals surface area contributed by atoms with Crippen molar-refractivity contribution in [2.75, 3.05) is 26.2 Å². The Morgan fingerprint density at radius 1 is 0.733 bits per heavy atom. The van der Waals surface area contributed by atoms with Crippen molar-refractivity contribution in [3.05, 3.63) is 0 Å². The van der Waals surface area contributed by atoms with Gasteiger partial charge in [-0.2, -0.15) is 0 Å². The third-order valence-electron chi connectivity index (χ3n) is 2.53. The minimum Gasteiger partial charge on any atom is -0.343 e. The van der Waals surface area contributed by atoms with Gasteiger partial charge in [-0.15, -0.1) is 0 Å². The molecule has 0 saturated carbocycles. The van der Waals surface area contributed by atoms with E-state index in [4.69, 9.17) is 0 Å². The van der Waals surface area contributed by atoms with Crippen LogP contribution in [0.2, 0.25) is 0 Å². The van der Waals surface area contributed by atoms with Crippen LogP contribution in [0.1, 0.15) is 34.1 Å². The number of nitrogens with zero attached hydrogens (tertiary/aromatic N) is 2. The van der Waals surface area contributed by atoms with Crippen molar-refractivity contribution in [2.24, 2.45) is 0 Å². The maximum Gasteiger partial charge on any atom is 0.231 e. The monoisotopic (exact) mass is 214 g/mol. The smallest absolute Gasteiger partial charge is 0.231 e. The first kappa shape index (κ1) is 13.9. The van der Waals surface area contributed by atoms with Crippen LogP contribution < -0.4 is 0 Å². The standard InChI is InChI=1S/C11H22N2O2/c1-5-12(6-2)10(14)9-11(15)13(7-3)8-4/h5-9H2,1-4H3. The third kappa shape index (κ3) is 4.32. The summed E-state index contributed by atoms with van der Waals surface area (Å²) in [6, 6.07) is 0. The summed E-state index contributed by atoms with van der Waals surface area (Å²) in [6.07, 6.45) is 0.00333. The molecule has 0 atom stereocenters. The Hall–Kier alpha value is -1.06. The highest BCUT2D eigenvalue weighted by atomic mass is 16.2. The molecule has 0 heterocycles. The molecule has 15 heavy (non-hydrogen) atoms. The van der Waals surface area contributed by atoms with Crippen molar-refractivity contribution >= 4 is 11.8 Å². The molecule has 0 aromatic carbocycles. The molecule has 0 spiro atoms. The highest BCUT2D eigenvalue weighted by Gasteiger charge is 2.17. The summed E-state index contributed by atoms with van der Waals surface area (Å²) in [4.78, 5) is 26.6. The molecule has 0 bridgehead atoms. The molecule has 0 radical (unpaired) electrons. The average molecular weight is 214 g/mol. The maximum absolute atomic E-state index is 11.6. The molecule has 0 aromatic heterocycles. The zero-order chi connectivity index (χ0) is 11.8. The van der Waals surface area contributed by atoms with Crippen molar-refractivity contribution in [3.63, 3.8) is 0 Å². The Morgan fingerprint density at radius 2 is 1.00 bits per heavy atom. The predicted molar refractivity (Wildman–Crippen MR) is 60.5 cm³/mol. The van der Waals surface area contributed by atoms with Gasteiger partial charge in [-0.1, -0.05) is 0 Å². The Kier molecular flexibility index (Phi) is 6.75. The van der Waals surface area contributed by atoms with E-state index in [0.717, 1.165) is 0 Å². The van der Waals surface area contributed by atoms with E-state index in [2.05, 4.69) is 0 Å². The van der Waals surface area contributed by atoms with E-state index in [1.165, 1.54) is 0 Å². The van der Waals surface area contributed by atoms with Gasteiger partial charge in [0.2, 0.25) is 11.8 Å². The van der Waals surface area contributed by atoms with Gasteiger partial charge in [-0.05, 0) is 27.7 Å². The van der Waals surface area contributed by atoms with E-state index in [0.29, 0.717) is 26.2 Å². The SMILES string of the molecule is CCN(CC)C(=O)CC(=O)N(CC)CC. The molecular weight excluding hydrogens is 192 g/mol. The molecule has 0 N–H and O–H groups in total. The van der Waals surface area contributed by atoms with Gasteiger partial charge in [-0.25, -0.2) is 0 Å². The first-order valence-corrected chi connectivity index (χ1v) is 5.66. The van der Waals surface area contributed by atoms with E-state index in [-0.39, 0.29) is 18.2 Å². The fourth-order valence-corrected chi connectivity index (χ4v) is 1.51. The molecule has 0 aromatic rings. The van der Waals surface area contributed by atoms with E-state index in [9.17, 15) is 9.59 Å². The van der Waals surface area contributed by atoms with Crippen LogP contribution in [0, 0.1) is 0 Å². The van der Waals surface area contributed by atoms with Gasteiger partial charge in [0, 0.05) is 26.2 Å². The molecule has 0 rings (SSSR count). The predicted octanol–water partition coefficient (Wildman–Crippen LogP) is 1.11. The van der Waals surface area contributed by atoms with Crippen LogP contribution in [-0.4, -0.2) is 47.8 Å². The lowest BCUT2D eigenvalue weighted by molar-refractivity contribution is -0.140. The van der Waals surface area contributed by atoms with Crippen molar-refractivity contribution < 1.29 is 9.59 Å². The summed E-state index contributed by atoms with van der Waals surface area (Å²) < 4.78 is 0. The van der Waals surface area contributed by atoms with E-state index < -0.39 is 0 Å². The van der Waals surface area contributed by atoms with Crippen LogP contribution in [-0.2, 0) is 9.59 Å². The Labute approximate surface area is 92.2 Å². The van der Waals surface area contributed by atoms with E-state index >= 15 is 0 Å². The van der Waals surface area contributed by atoms with Crippen molar-refractivity contribution in [3.8, 4) is 0 Å². The highest BCUT2D eigenvalue weighted by molar-refractivity contribution is 5.96. The van der Waals surface area contributed by atoms with Crippen molar-refractivity contribution in [1.82, 2.24) is 9.80 Å². The van der Waals surface area contributed by atoms with Gasteiger partial charge in [-0.3, -0.25) is 9.59 Å². The summed E-state index contributed by atoms with van der Waals surface area (Å²) in [7, 11) is 0. The second kappa shape index (κ2) is 7.26. The summed E-state index contributed by atoms with van der Waals surface area (Å²) in [5.41, 5.74) is 0. The number of carbonyl (C=O) groups excluding carboxylic acids is 2. The summed E-state index contributed by atoms with van der Waals surface area (Å²) in [5, 5.41) is 0. The first-order chi connectivity index (χ1) is 7.10. The van der Waals surface area contributed by atoms with Crippen LogP contribution >= 0.6 is 0 Å². The lowest BCUT2D eigenvalue weighted by Crippen LogP contribution is -2.37. The molecule has 0 aliphatic rings. The molecule has 0 unspecified atom stereocenters. The molecule has 0 aliphatic heterocycles. The molecule has 0 saturated heterocycles. The second-order valence-corrected chi connectivity index (χ2v) is 3.31. The van der Waals surface area contributed by atoms with Crippen LogP contribution in [0.15, 0.2) is 0 Å². The molecule has 4 heteroatoms. The van der Waals surface area contributed by atoms with Crippen LogP contribution in [0.25, 0.3) is 0 Å². The molecule has 0 fully saturated rings. The lowest BCUT2D eigenvalue weighted by atomic mass is 10.3. The van der Waals surface area contributed by atoms with Gasteiger partial charge >= 0.3 is 0 Å². The molecule has 88 valence electrons. The van der Waals surface area contributed by atoms with Gasteiger partial charge in [0.05, 0.1) is 0 Å². The number of amides is 2. The molecule has 0 aliphatic carbocycles. The number of rotatable bonds is 6. The molecule has 2 amide bonds. The summed E-state index contributed by atoms with van der Waals surface area (Å²) in [5.74, 6) is -0.145. The van der Waals surface area contributed by atoms with Crippen molar-refractivity contribution in [2.45, 2.75) is 34.1 Å². The zero-order valence-electron chi connectivity index (χ0n) is 10.2. The van der Waals surface area contributed by atoms with Gasteiger partial charge in [0.25, 0.3) is 0 Å². The van der Waals surface area contributed by atoms with Gasteiger partial charge < -0.3 is 9.80 Å². The fraction of sp³-hybridized carbons (Fsp3) is 0.818. The average Bonchev–Trinajstić information content (AvgIpc) is 2.21. The Bertz CT molecular complexity index is 187. The largest absolute Gasteiger partial charge is 0.343 e. The van der Waals surface area contributed by atoms with E-state index in [1.54, 1.807) is 9.80 Å². The fourth-order valence-electron chi connectivity index (χ4n) is 1.51. The number of carbonyl (C=O) groups is 2. The topological polar surface area (TPSA) is 40.6 Å². The highest BCUT2D eigenvalue weighted by Crippen LogP contribution is 1.99. The quantitative estimate of drug-likeness (QED) is 0.621. The lowest BCUT2D eigenvalue weighted by Gasteiger charge is -2.22. The van der Waals surface area contributed by atoms with Gasteiger partial charge in [0.15, 0.2) is 0 Å². The summed E-state index contributed by atoms with van der Waals surface area (Å²) in [6.45, 7) is 10.3. The van der Waals surface area contributed by atoms with Crippen LogP contribution in [0.4, 0.5) is 0 Å². The van der Waals surface area contributed by atoms with E-state index in [1.807, 2.05) is 27.7 Å². The first-order valence-electron chi connectivity index (χ1n) is 5.66. The maximum atomic E-state index is 11.6.